The Hall–Kier alpha value is -0.860. The molecule has 15 heavy (non-hydrogen) atoms. The fraction of sp³-hybridized carbons (Fsp3) is 0.538. The lowest BCUT2D eigenvalue weighted by atomic mass is 9.92. The van der Waals surface area contributed by atoms with Crippen LogP contribution in [0, 0.1) is 19.8 Å². The number of benzene rings is 1. The Labute approximate surface area is 91.6 Å². The third kappa shape index (κ3) is 2.58. The first-order chi connectivity index (χ1) is 6.95. The summed E-state index contributed by atoms with van der Waals surface area (Å²) in [6.45, 7) is 7.78. The van der Waals surface area contributed by atoms with Gasteiger partial charge in [0.2, 0.25) is 0 Å². The molecule has 0 heterocycles. The second kappa shape index (κ2) is 4.77. The van der Waals surface area contributed by atoms with Gasteiger partial charge in [-0.25, -0.2) is 0 Å². The quantitative estimate of drug-likeness (QED) is 0.800. The summed E-state index contributed by atoms with van der Waals surface area (Å²) in [4.78, 5) is 0. The molecule has 0 amide bonds. The van der Waals surface area contributed by atoms with Crippen molar-refractivity contribution in [3.63, 3.8) is 0 Å². The SMILES string of the molecule is Cc1cccc(C(O)C(O)C(C)C)c1C. The summed E-state index contributed by atoms with van der Waals surface area (Å²) in [6, 6.07) is 5.79. The smallest absolute Gasteiger partial charge is 0.105 e. The average Bonchev–Trinajstić information content (AvgIpc) is 2.20. The van der Waals surface area contributed by atoms with Crippen LogP contribution in [0.25, 0.3) is 0 Å². The molecule has 0 aliphatic rings. The van der Waals surface area contributed by atoms with Crippen LogP contribution in [-0.2, 0) is 0 Å². The van der Waals surface area contributed by atoms with E-state index in [2.05, 4.69) is 0 Å². The zero-order valence-electron chi connectivity index (χ0n) is 9.86. The summed E-state index contributed by atoms with van der Waals surface area (Å²) in [6.07, 6.45) is -1.49. The summed E-state index contributed by atoms with van der Waals surface area (Å²) in [5.41, 5.74) is 3.03. The molecule has 2 N–H and O–H groups in total. The molecule has 2 nitrogen and oxygen atoms in total. The molecule has 0 aliphatic carbocycles. The van der Waals surface area contributed by atoms with E-state index >= 15 is 0 Å². The molecule has 0 saturated carbocycles. The number of hydrogen-bond donors (Lipinski definition) is 2. The lowest BCUT2D eigenvalue weighted by Gasteiger charge is -2.23. The number of aliphatic hydroxyl groups is 2. The summed E-state index contributed by atoms with van der Waals surface area (Å²) >= 11 is 0. The highest BCUT2D eigenvalue weighted by molar-refractivity contribution is 5.35. The molecule has 0 fully saturated rings. The van der Waals surface area contributed by atoms with Crippen LogP contribution in [0.4, 0.5) is 0 Å². The van der Waals surface area contributed by atoms with E-state index in [-0.39, 0.29) is 5.92 Å². The van der Waals surface area contributed by atoms with Crippen LogP contribution in [0.2, 0.25) is 0 Å². The predicted octanol–water partition coefficient (Wildman–Crippen LogP) is 2.35. The van der Waals surface area contributed by atoms with Crippen molar-refractivity contribution >= 4 is 0 Å². The first kappa shape index (κ1) is 12.2. The zero-order chi connectivity index (χ0) is 11.6. The van der Waals surface area contributed by atoms with Crippen molar-refractivity contribution < 1.29 is 10.2 Å². The van der Waals surface area contributed by atoms with Crippen LogP contribution < -0.4 is 0 Å². The van der Waals surface area contributed by atoms with Crippen LogP contribution >= 0.6 is 0 Å². The monoisotopic (exact) mass is 208 g/mol. The maximum absolute atomic E-state index is 10.0. The molecule has 1 rings (SSSR count). The highest BCUT2D eigenvalue weighted by Gasteiger charge is 2.22. The van der Waals surface area contributed by atoms with Crippen LogP contribution in [-0.4, -0.2) is 16.3 Å². The van der Waals surface area contributed by atoms with Gasteiger partial charge in [-0.3, -0.25) is 0 Å². The minimum Gasteiger partial charge on any atom is -0.390 e. The number of aliphatic hydroxyl groups excluding tert-OH is 2. The average molecular weight is 208 g/mol. The van der Waals surface area contributed by atoms with Crippen molar-refractivity contribution in [3.05, 3.63) is 34.9 Å². The predicted molar refractivity (Wildman–Crippen MR) is 61.7 cm³/mol. The molecule has 0 spiro atoms. The fourth-order valence-corrected chi connectivity index (χ4v) is 1.64. The van der Waals surface area contributed by atoms with Gasteiger partial charge in [0.15, 0.2) is 0 Å². The molecule has 1 aromatic rings. The van der Waals surface area contributed by atoms with Gasteiger partial charge in [-0.1, -0.05) is 32.0 Å². The van der Waals surface area contributed by atoms with Gasteiger partial charge in [0.05, 0.1) is 6.10 Å². The van der Waals surface area contributed by atoms with Crippen molar-refractivity contribution in [2.75, 3.05) is 0 Å². The van der Waals surface area contributed by atoms with Gasteiger partial charge < -0.3 is 10.2 Å². The molecule has 2 unspecified atom stereocenters. The van der Waals surface area contributed by atoms with Crippen molar-refractivity contribution in [1.82, 2.24) is 0 Å². The van der Waals surface area contributed by atoms with Crippen molar-refractivity contribution in [1.29, 1.82) is 0 Å². The highest BCUT2D eigenvalue weighted by Crippen LogP contribution is 2.25. The van der Waals surface area contributed by atoms with Gasteiger partial charge in [0.1, 0.15) is 6.10 Å². The maximum Gasteiger partial charge on any atom is 0.105 e. The summed E-state index contributed by atoms with van der Waals surface area (Å²) in [7, 11) is 0. The van der Waals surface area contributed by atoms with E-state index in [1.807, 2.05) is 45.9 Å². The van der Waals surface area contributed by atoms with E-state index in [1.165, 1.54) is 0 Å². The van der Waals surface area contributed by atoms with E-state index in [4.69, 9.17) is 0 Å². The highest BCUT2D eigenvalue weighted by atomic mass is 16.3. The molecule has 2 heteroatoms. The molecule has 0 aliphatic heterocycles. The summed E-state index contributed by atoms with van der Waals surface area (Å²) < 4.78 is 0. The van der Waals surface area contributed by atoms with E-state index < -0.39 is 12.2 Å². The van der Waals surface area contributed by atoms with Crippen LogP contribution in [0.1, 0.15) is 36.6 Å². The van der Waals surface area contributed by atoms with E-state index in [1.54, 1.807) is 0 Å². The van der Waals surface area contributed by atoms with Crippen LogP contribution in [0.5, 0.6) is 0 Å². The van der Waals surface area contributed by atoms with Crippen LogP contribution in [0.15, 0.2) is 18.2 Å². The molecule has 1 aromatic carbocycles. The first-order valence-electron chi connectivity index (χ1n) is 5.37. The largest absolute Gasteiger partial charge is 0.390 e. The molecule has 0 saturated heterocycles. The van der Waals surface area contributed by atoms with Crippen molar-refractivity contribution in [3.8, 4) is 0 Å². The Morgan fingerprint density at radius 2 is 1.67 bits per heavy atom. The minimum atomic E-state index is -0.787. The normalized spacial score (nSPS) is 15.4. The number of aryl methyl sites for hydroxylation is 1. The Balaban J connectivity index is 3.01. The third-order valence-electron chi connectivity index (χ3n) is 2.97. The zero-order valence-corrected chi connectivity index (χ0v) is 9.86. The Kier molecular flexibility index (Phi) is 3.89. The maximum atomic E-state index is 10.0. The number of hydrogen-bond acceptors (Lipinski definition) is 2. The Morgan fingerprint density at radius 1 is 1.07 bits per heavy atom. The lowest BCUT2D eigenvalue weighted by molar-refractivity contribution is -0.00974. The molecule has 2 atom stereocenters. The van der Waals surface area contributed by atoms with Gasteiger partial charge in [-0.2, -0.15) is 0 Å². The number of rotatable bonds is 3. The van der Waals surface area contributed by atoms with Crippen molar-refractivity contribution in [2.24, 2.45) is 5.92 Å². The van der Waals surface area contributed by atoms with E-state index in [9.17, 15) is 10.2 Å². The molecule has 84 valence electrons. The van der Waals surface area contributed by atoms with Gasteiger partial charge in [-0.15, -0.1) is 0 Å². The lowest BCUT2D eigenvalue weighted by Crippen LogP contribution is -2.24. The van der Waals surface area contributed by atoms with Gasteiger partial charge >= 0.3 is 0 Å². The first-order valence-corrected chi connectivity index (χ1v) is 5.37. The van der Waals surface area contributed by atoms with Gasteiger partial charge in [-0.05, 0) is 36.5 Å². The van der Waals surface area contributed by atoms with Crippen LogP contribution in [0.3, 0.4) is 0 Å². The van der Waals surface area contributed by atoms with Gasteiger partial charge in [0, 0.05) is 0 Å². The van der Waals surface area contributed by atoms with E-state index in [0.29, 0.717) is 0 Å². The fourth-order valence-electron chi connectivity index (χ4n) is 1.64. The molecular formula is C13H20O2. The topological polar surface area (TPSA) is 40.5 Å². The van der Waals surface area contributed by atoms with Gasteiger partial charge in [0.25, 0.3) is 0 Å². The third-order valence-corrected chi connectivity index (χ3v) is 2.97. The second-order valence-corrected chi connectivity index (χ2v) is 4.47. The molecular weight excluding hydrogens is 188 g/mol. The molecule has 0 radical (unpaired) electrons. The van der Waals surface area contributed by atoms with Crippen molar-refractivity contribution in [2.45, 2.75) is 39.9 Å². The second-order valence-electron chi connectivity index (χ2n) is 4.47. The molecule has 0 bridgehead atoms. The Morgan fingerprint density at radius 3 is 2.20 bits per heavy atom. The summed E-state index contributed by atoms with van der Waals surface area (Å²) in [5, 5.41) is 19.8. The minimum absolute atomic E-state index is 0.0555. The molecule has 0 aromatic heterocycles. The van der Waals surface area contributed by atoms with E-state index in [0.717, 1.165) is 16.7 Å². The summed E-state index contributed by atoms with van der Waals surface area (Å²) in [5.74, 6) is 0.0555. The standard InChI is InChI=1S/C13H20O2/c1-8(2)12(14)13(15)11-7-5-6-9(3)10(11)4/h5-8,12-15H,1-4H3. The Bertz CT molecular complexity index is 331.